The highest BCUT2D eigenvalue weighted by atomic mass is 35.5. The molecule has 0 saturated carbocycles. The van der Waals surface area contributed by atoms with Crippen molar-refractivity contribution in [3.8, 4) is 5.75 Å². The molecule has 1 N–H and O–H groups in total. The van der Waals surface area contributed by atoms with E-state index in [1.807, 2.05) is 0 Å². The summed E-state index contributed by atoms with van der Waals surface area (Å²) in [5, 5.41) is 3.74. The van der Waals surface area contributed by atoms with Gasteiger partial charge in [-0.25, -0.2) is 0 Å². The molecule has 5 nitrogen and oxygen atoms in total. The first-order chi connectivity index (χ1) is 11.9. The van der Waals surface area contributed by atoms with Gasteiger partial charge >= 0.3 is 0 Å². The average Bonchev–Trinajstić information content (AvgIpc) is 2.57. The van der Waals surface area contributed by atoms with Crippen molar-refractivity contribution >= 4 is 52.5 Å². The van der Waals surface area contributed by atoms with Crippen LogP contribution < -0.4 is 15.0 Å². The molecule has 0 aromatic heterocycles. The number of likely N-dealkylation sites (N-methyl/N-ethyl adjacent to an activating group) is 1. The topological polar surface area (TPSA) is 58.6 Å². The Kier molecular flexibility index (Phi) is 4.97. The fraction of sp³-hybridized carbons (Fsp3) is 0.111. The van der Waals surface area contributed by atoms with E-state index in [9.17, 15) is 9.59 Å². The van der Waals surface area contributed by atoms with Crippen LogP contribution in [0.5, 0.6) is 5.75 Å². The van der Waals surface area contributed by atoms with Gasteiger partial charge in [-0.15, -0.1) is 0 Å². The molecule has 1 heterocycles. The van der Waals surface area contributed by atoms with Gasteiger partial charge in [0.1, 0.15) is 5.75 Å². The van der Waals surface area contributed by atoms with Crippen molar-refractivity contribution in [3.63, 3.8) is 0 Å². The summed E-state index contributed by atoms with van der Waals surface area (Å²) in [6, 6.07) is 10.1. The quantitative estimate of drug-likeness (QED) is 0.823. The molecule has 128 valence electrons. The summed E-state index contributed by atoms with van der Waals surface area (Å²) in [5.41, 5.74) is 1.92. The number of amides is 2. The van der Waals surface area contributed by atoms with Crippen LogP contribution in [0.25, 0.3) is 6.08 Å². The van der Waals surface area contributed by atoms with Crippen LogP contribution in [0.3, 0.4) is 0 Å². The van der Waals surface area contributed by atoms with E-state index in [0.29, 0.717) is 32.7 Å². The summed E-state index contributed by atoms with van der Waals surface area (Å²) in [6.07, 6.45) is 2.99. The molecular weight excluding hydrogens is 363 g/mol. The van der Waals surface area contributed by atoms with Gasteiger partial charge in [0.05, 0.1) is 5.69 Å². The lowest BCUT2D eigenvalue weighted by atomic mass is 10.2. The molecule has 2 aromatic carbocycles. The zero-order valence-electron chi connectivity index (χ0n) is 13.3. The Bertz CT molecular complexity index is 881. The number of benzene rings is 2. The molecule has 0 bridgehead atoms. The lowest BCUT2D eigenvalue weighted by Crippen LogP contribution is -2.35. The zero-order valence-corrected chi connectivity index (χ0v) is 14.8. The van der Waals surface area contributed by atoms with Crippen LogP contribution in [0.4, 0.5) is 11.4 Å². The average molecular weight is 377 g/mol. The third kappa shape index (κ3) is 3.95. The first kappa shape index (κ1) is 17.3. The van der Waals surface area contributed by atoms with Crippen LogP contribution in [0.2, 0.25) is 10.0 Å². The minimum atomic E-state index is -0.314. The Labute approximate surface area is 154 Å². The van der Waals surface area contributed by atoms with Gasteiger partial charge in [0.25, 0.3) is 5.91 Å². The number of anilines is 2. The van der Waals surface area contributed by atoms with Crippen molar-refractivity contribution in [2.24, 2.45) is 0 Å². The number of ether oxygens (including phenoxy) is 1. The molecular formula is C18H14Cl2N2O3. The third-order valence-corrected chi connectivity index (χ3v) is 4.25. The van der Waals surface area contributed by atoms with E-state index in [-0.39, 0.29) is 18.4 Å². The normalized spacial score (nSPS) is 13.6. The molecule has 25 heavy (non-hydrogen) atoms. The molecule has 2 amide bonds. The predicted molar refractivity (Wildman–Crippen MR) is 99.5 cm³/mol. The van der Waals surface area contributed by atoms with E-state index in [0.717, 1.165) is 0 Å². The fourth-order valence-electron chi connectivity index (χ4n) is 2.34. The van der Waals surface area contributed by atoms with E-state index in [1.54, 1.807) is 49.5 Å². The monoisotopic (exact) mass is 376 g/mol. The Balaban J connectivity index is 1.71. The Morgan fingerprint density at radius 3 is 2.80 bits per heavy atom. The maximum absolute atomic E-state index is 12.1. The number of nitrogens with one attached hydrogen (secondary N) is 1. The molecule has 0 spiro atoms. The van der Waals surface area contributed by atoms with E-state index in [2.05, 4.69) is 5.32 Å². The van der Waals surface area contributed by atoms with Crippen LogP contribution in [0.1, 0.15) is 5.56 Å². The van der Waals surface area contributed by atoms with Gasteiger partial charge in [0.2, 0.25) is 5.91 Å². The van der Waals surface area contributed by atoms with Gasteiger partial charge in [0.15, 0.2) is 6.61 Å². The summed E-state index contributed by atoms with van der Waals surface area (Å²) in [6.45, 7) is -0.0180. The highest BCUT2D eigenvalue weighted by Gasteiger charge is 2.22. The predicted octanol–water partition coefficient (Wildman–Crippen LogP) is 4.00. The molecule has 0 aliphatic carbocycles. The van der Waals surface area contributed by atoms with Crippen LogP contribution in [0.15, 0.2) is 42.5 Å². The van der Waals surface area contributed by atoms with Crippen molar-refractivity contribution in [2.45, 2.75) is 0 Å². The van der Waals surface area contributed by atoms with E-state index in [4.69, 9.17) is 27.9 Å². The minimum absolute atomic E-state index is 0.0180. The molecule has 0 saturated heterocycles. The number of rotatable bonds is 3. The second kappa shape index (κ2) is 7.17. The Morgan fingerprint density at radius 2 is 2.04 bits per heavy atom. The van der Waals surface area contributed by atoms with Gasteiger partial charge < -0.3 is 15.0 Å². The van der Waals surface area contributed by atoms with Crippen molar-refractivity contribution < 1.29 is 14.3 Å². The van der Waals surface area contributed by atoms with Crippen LogP contribution in [0, 0.1) is 0 Å². The molecule has 0 atom stereocenters. The molecule has 0 radical (unpaired) electrons. The smallest absolute Gasteiger partial charge is 0.264 e. The van der Waals surface area contributed by atoms with Gasteiger partial charge in [-0.2, -0.15) is 0 Å². The Morgan fingerprint density at radius 1 is 1.24 bits per heavy atom. The van der Waals surface area contributed by atoms with E-state index >= 15 is 0 Å². The number of halogens is 2. The molecule has 0 unspecified atom stereocenters. The molecule has 0 fully saturated rings. The largest absolute Gasteiger partial charge is 0.481 e. The highest BCUT2D eigenvalue weighted by Crippen LogP contribution is 2.33. The summed E-state index contributed by atoms with van der Waals surface area (Å²) >= 11 is 11.9. The van der Waals surface area contributed by atoms with E-state index in [1.165, 1.54) is 11.0 Å². The summed E-state index contributed by atoms with van der Waals surface area (Å²) in [5.74, 6) is 0.114. The van der Waals surface area contributed by atoms with Gasteiger partial charge in [-0.05, 0) is 35.9 Å². The second-order valence-corrected chi connectivity index (χ2v) is 6.26. The molecule has 1 aliphatic heterocycles. The molecule has 3 rings (SSSR count). The van der Waals surface area contributed by atoms with Gasteiger partial charge in [0, 0.05) is 34.9 Å². The minimum Gasteiger partial charge on any atom is -0.481 e. The van der Waals surface area contributed by atoms with E-state index < -0.39 is 0 Å². The number of nitrogens with zero attached hydrogens (tertiary/aromatic N) is 1. The summed E-state index contributed by atoms with van der Waals surface area (Å²) < 4.78 is 5.39. The Hall–Kier alpha value is -2.50. The van der Waals surface area contributed by atoms with Crippen molar-refractivity contribution in [1.29, 1.82) is 0 Å². The lowest BCUT2D eigenvalue weighted by Gasteiger charge is -2.26. The van der Waals surface area contributed by atoms with Gasteiger partial charge in [-0.3, -0.25) is 9.59 Å². The van der Waals surface area contributed by atoms with Crippen molar-refractivity contribution in [3.05, 3.63) is 58.1 Å². The first-order valence-electron chi connectivity index (χ1n) is 7.41. The summed E-state index contributed by atoms with van der Waals surface area (Å²) in [4.78, 5) is 25.2. The number of hydrogen-bond acceptors (Lipinski definition) is 3. The maximum atomic E-state index is 12.1. The van der Waals surface area contributed by atoms with Crippen molar-refractivity contribution in [2.75, 3.05) is 23.9 Å². The number of hydrogen-bond donors (Lipinski definition) is 1. The summed E-state index contributed by atoms with van der Waals surface area (Å²) in [7, 11) is 1.68. The molecule has 2 aromatic rings. The third-order valence-electron chi connectivity index (χ3n) is 3.69. The van der Waals surface area contributed by atoms with Crippen LogP contribution in [-0.4, -0.2) is 25.5 Å². The van der Waals surface area contributed by atoms with Gasteiger partial charge in [-0.1, -0.05) is 29.3 Å². The standard InChI is InChI=1S/C18H14Cl2N2O3/c1-22-15-6-5-13(9-16(15)25-10-18(22)24)21-17(23)7-3-11-2-4-12(19)8-14(11)20/h2-9H,10H2,1H3,(H,21,23)/b7-3+. The highest BCUT2D eigenvalue weighted by molar-refractivity contribution is 6.35. The van der Waals surface area contributed by atoms with Crippen LogP contribution >= 0.6 is 23.2 Å². The zero-order chi connectivity index (χ0) is 18.0. The maximum Gasteiger partial charge on any atom is 0.264 e. The SMILES string of the molecule is CN1C(=O)COc2cc(NC(=O)/C=C/c3ccc(Cl)cc3Cl)ccc21. The lowest BCUT2D eigenvalue weighted by molar-refractivity contribution is -0.121. The second-order valence-electron chi connectivity index (χ2n) is 5.41. The number of carbonyl (C=O) groups excluding carboxylic acids is 2. The number of fused-ring (bicyclic) bond motifs is 1. The fourth-order valence-corrected chi connectivity index (χ4v) is 2.81. The van der Waals surface area contributed by atoms with Crippen LogP contribution in [-0.2, 0) is 9.59 Å². The molecule has 1 aliphatic rings. The number of carbonyl (C=O) groups is 2. The first-order valence-corrected chi connectivity index (χ1v) is 8.17. The molecule has 7 heteroatoms. The van der Waals surface area contributed by atoms with Crippen molar-refractivity contribution in [1.82, 2.24) is 0 Å².